The van der Waals surface area contributed by atoms with Gasteiger partial charge >= 0.3 is 0 Å². The molecule has 0 aromatic rings. The lowest BCUT2D eigenvalue weighted by Crippen LogP contribution is -2.20. The lowest BCUT2D eigenvalue weighted by Gasteiger charge is -2.18. The van der Waals surface area contributed by atoms with E-state index in [9.17, 15) is 9.59 Å². The number of ketones is 2. The van der Waals surface area contributed by atoms with Crippen molar-refractivity contribution in [1.29, 1.82) is 0 Å². The molecular weight excluding hydrogens is 284 g/mol. The van der Waals surface area contributed by atoms with Gasteiger partial charge in [0.15, 0.2) is 11.6 Å². The van der Waals surface area contributed by atoms with Gasteiger partial charge in [-0.05, 0) is 53.4 Å². The Labute approximate surface area is 142 Å². The van der Waals surface area contributed by atoms with E-state index >= 15 is 0 Å². The molecule has 1 aliphatic carbocycles. The highest BCUT2D eigenvalue weighted by atomic mass is 16.1. The average Bonchev–Trinajstić information content (AvgIpc) is 2.57. The number of carbonyl (C=O) groups is 2. The van der Waals surface area contributed by atoms with Crippen LogP contribution in [0.3, 0.4) is 0 Å². The lowest BCUT2D eigenvalue weighted by molar-refractivity contribution is -0.116. The second-order valence-electron chi connectivity index (χ2n) is 6.06. The van der Waals surface area contributed by atoms with Gasteiger partial charge in [-0.2, -0.15) is 0 Å². The second-order valence-corrected chi connectivity index (χ2v) is 6.06. The van der Waals surface area contributed by atoms with Crippen molar-refractivity contribution in [3.63, 3.8) is 0 Å². The van der Waals surface area contributed by atoms with Gasteiger partial charge in [0.05, 0.1) is 0 Å². The molecule has 2 heteroatoms. The molecule has 0 N–H and O–H groups in total. The maximum absolute atomic E-state index is 12.3. The number of rotatable bonds is 7. The van der Waals surface area contributed by atoms with Crippen LogP contribution in [0.1, 0.15) is 87.0 Å². The van der Waals surface area contributed by atoms with E-state index in [1.165, 1.54) is 24.8 Å². The first kappa shape index (κ1) is 21.6. The van der Waals surface area contributed by atoms with Gasteiger partial charge in [0.1, 0.15) is 0 Å². The summed E-state index contributed by atoms with van der Waals surface area (Å²) in [6, 6.07) is 0. The van der Waals surface area contributed by atoms with Crippen LogP contribution < -0.4 is 0 Å². The molecule has 0 heterocycles. The SMILES string of the molecule is CC.CCCCC/C=C(\C)CCC1=C(C)C(=O)C(C)=C(C)C1=O. The molecule has 2 nitrogen and oxygen atoms in total. The van der Waals surface area contributed by atoms with E-state index in [1.54, 1.807) is 20.8 Å². The first-order chi connectivity index (χ1) is 10.9. The molecule has 130 valence electrons. The number of hydrogen-bond acceptors (Lipinski definition) is 2. The number of unbranched alkanes of at least 4 members (excludes halogenated alkanes) is 3. The Balaban J connectivity index is 0.00000232. The molecule has 0 saturated heterocycles. The predicted octanol–water partition coefficient (Wildman–Crippen LogP) is 6.12. The zero-order valence-corrected chi connectivity index (χ0v) is 16.1. The fourth-order valence-electron chi connectivity index (χ4n) is 2.62. The monoisotopic (exact) mass is 318 g/mol. The molecule has 0 aromatic heterocycles. The highest BCUT2D eigenvalue weighted by Crippen LogP contribution is 2.28. The van der Waals surface area contributed by atoms with Crippen LogP contribution in [0.2, 0.25) is 0 Å². The largest absolute Gasteiger partial charge is 0.289 e. The summed E-state index contributed by atoms with van der Waals surface area (Å²) in [6.45, 7) is 13.6. The molecular formula is C21H34O2. The molecule has 0 amide bonds. The Morgan fingerprint density at radius 1 is 0.913 bits per heavy atom. The van der Waals surface area contributed by atoms with Crippen molar-refractivity contribution in [2.75, 3.05) is 0 Å². The number of carbonyl (C=O) groups excluding carboxylic acids is 2. The summed E-state index contributed by atoms with van der Waals surface area (Å²) in [7, 11) is 0. The van der Waals surface area contributed by atoms with E-state index in [0.717, 1.165) is 12.8 Å². The van der Waals surface area contributed by atoms with E-state index in [4.69, 9.17) is 0 Å². The lowest BCUT2D eigenvalue weighted by atomic mass is 9.83. The van der Waals surface area contributed by atoms with Crippen molar-refractivity contribution >= 4 is 11.6 Å². The van der Waals surface area contributed by atoms with E-state index in [0.29, 0.717) is 28.7 Å². The minimum absolute atomic E-state index is 0.0340. The Morgan fingerprint density at radius 2 is 1.48 bits per heavy atom. The number of allylic oxidation sites excluding steroid dienone is 6. The van der Waals surface area contributed by atoms with E-state index < -0.39 is 0 Å². The summed E-state index contributed by atoms with van der Waals surface area (Å²) >= 11 is 0. The highest BCUT2D eigenvalue weighted by Gasteiger charge is 2.27. The maximum Gasteiger partial charge on any atom is 0.185 e. The number of Topliss-reactive ketones (excluding diaryl/α,β-unsaturated/α-hetero) is 2. The molecule has 0 atom stereocenters. The van der Waals surface area contributed by atoms with Crippen molar-refractivity contribution in [3.05, 3.63) is 33.9 Å². The fraction of sp³-hybridized carbons (Fsp3) is 0.619. The molecule has 0 radical (unpaired) electrons. The van der Waals surface area contributed by atoms with Crippen LogP contribution in [0.15, 0.2) is 33.9 Å². The first-order valence-corrected chi connectivity index (χ1v) is 9.02. The minimum Gasteiger partial charge on any atom is -0.289 e. The van der Waals surface area contributed by atoms with E-state index in [-0.39, 0.29) is 11.6 Å². The van der Waals surface area contributed by atoms with Gasteiger partial charge in [-0.3, -0.25) is 9.59 Å². The quantitative estimate of drug-likeness (QED) is 0.322. The van der Waals surface area contributed by atoms with Gasteiger partial charge in [-0.1, -0.05) is 45.3 Å². The molecule has 0 bridgehead atoms. The van der Waals surface area contributed by atoms with Crippen LogP contribution in [0.5, 0.6) is 0 Å². The zero-order valence-electron chi connectivity index (χ0n) is 16.1. The summed E-state index contributed by atoms with van der Waals surface area (Å²) < 4.78 is 0. The van der Waals surface area contributed by atoms with Crippen LogP contribution in [-0.2, 0) is 9.59 Å². The topological polar surface area (TPSA) is 34.1 Å². The molecule has 1 aliphatic rings. The summed E-state index contributed by atoms with van der Waals surface area (Å²) in [5, 5.41) is 0. The molecule has 0 aromatic carbocycles. The first-order valence-electron chi connectivity index (χ1n) is 9.02. The van der Waals surface area contributed by atoms with Crippen molar-refractivity contribution in [1.82, 2.24) is 0 Å². The summed E-state index contributed by atoms with van der Waals surface area (Å²) in [6.07, 6.45) is 8.66. The molecule has 23 heavy (non-hydrogen) atoms. The van der Waals surface area contributed by atoms with Crippen molar-refractivity contribution in [2.45, 2.75) is 87.0 Å². The Morgan fingerprint density at radius 3 is 2.04 bits per heavy atom. The van der Waals surface area contributed by atoms with Crippen LogP contribution >= 0.6 is 0 Å². The molecule has 0 aliphatic heterocycles. The Hall–Kier alpha value is -1.44. The summed E-state index contributed by atoms with van der Waals surface area (Å²) in [5.41, 5.74) is 3.89. The van der Waals surface area contributed by atoms with Crippen LogP contribution in [-0.4, -0.2) is 11.6 Å². The van der Waals surface area contributed by atoms with Crippen LogP contribution in [0.4, 0.5) is 0 Å². The Bertz CT molecular complexity index is 516. The third kappa shape index (κ3) is 6.29. The van der Waals surface area contributed by atoms with E-state index in [2.05, 4.69) is 19.9 Å². The van der Waals surface area contributed by atoms with Crippen molar-refractivity contribution in [2.24, 2.45) is 0 Å². The summed E-state index contributed by atoms with van der Waals surface area (Å²) in [4.78, 5) is 24.4. The summed E-state index contributed by atoms with van der Waals surface area (Å²) in [5.74, 6) is 0.0926. The average molecular weight is 319 g/mol. The van der Waals surface area contributed by atoms with E-state index in [1.807, 2.05) is 13.8 Å². The van der Waals surface area contributed by atoms with Crippen molar-refractivity contribution in [3.8, 4) is 0 Å². The fourth-order valence-corrected chi connectivity index (χ4v) is 2.62. The second kappa shape index (κ2) is 11.2. The van der Waals surface area contributed by atoms with Crippen LogP contribution in [0, 0.1) is 0 Å². The normalized spacial score (nSPS) is 15.9. The molecule has 0 spiro atoms. The Kier molecular flexibility index (Phi) is 10.5. The molecule has 0 unspecified atom stereocenters. The molecule has 1 rings (SSSR count). The third-order valence-electron chi connectivity index (χ3n) is 4.38. The van der Waals surface area contributed by atoms with Gasteiger partial charge in [-0.15, -0.1) is 0 Å². The van der Waals surface area contributed by atoms with Crippen LogP contribution in [0.25, 0.3) is 0 Å². The van der Waals surface area contributed by atoms with Gasteiger partial charge in [0.25, 0.3) is 0 Å². The highest BCUT2D eigenvalue weighted by molar-refractivity contribution is 6.24. The third-order valence-corrected chi connectivity index (χ3v) is 4.38. The number of hydrogen-bond donors (Lipinski definition) is 0. The standard InChI is InChI=1S/C19H28O2.C2H6/c1-6-7-8-9-10-13(2)11-12-17-16(5)18(20)14(3)15(4)19(17)21;1-2/h10H,6-9,11-12H2,1-5H3;1-2H3/b13-10+;. The van der Waals surface area contributed by atoms with Gasteiger partial charge in [0.2, 0.25) is 0 Å². The van der Waals surface area contributed by atoms with Gasteiger partial charge < -0.3 is 0 Å². The molecule has 0 fully saturated rings. The predicted molar refractivity (Wildman–Crippen MR) is 99.6 cm³/mol. The maximum atomic E-state index is 12.3. The van der Waals surface area contributed by atoms with Gasteiger partial charge in [0, 0.05) is 22.3 Å². The van der Waals surface area contributed by atoms with Gasteiger partial charge in [-0.25, -0.2) is 0 Å². The minimum atomic E-state index is 0.0340. The van der Waals surface area contributed by atoms with Crippen molar-refractivity contribution < 1.29 is 9.59 Å². The zero-order chi connectivity index (χ0) is 18.0. The smallest absolute Gasteiger partial charge is 0.185 e. The molecule has 0 saturated carbocycles.